The first-order chi connectivity index (χ1) is 7.71. The minimum Gasteiger partial charge on any atom is -0.340 e. The van der Waals surface area contributed by atoms with Crippen molar-refractivity contribution in [2.75, 3.05) is 13.3 Å². The van der Waals surface area contributed by atoms with E-state index in [9.17, 15) is 13.2 Å². The highest BCUT2D eigenvalue weighted by molar-refractivity contribution is 7.92. The molecule has 7 heteroatoms. The van der Waals surface area contributed by atoms with E-state index in [1.165, 1.54) is 11.8 Å². The normalized spacial score (nSPS) is 13.4. The third kappa shape index (κ3) is 3.55. The van der Waals surface area contributed by atoms with Gasteiger partial charge in [-0.15, -0.1) is 0 Å². The largest absolute Gasteiger partial charge is 0.340 e. The van der Waals surface area contributed by atoms with Gasteiger partial charge in [0.25, 0.3) is 0 Å². The van der Waals surface area contributed by atoms with Crippen molar-refractivity contribution in [3.05, 3.63) is 18.0 Å². The van der Waals surface area contributed by atoms with Crippen molar-refractivity contribution < 1.29 is 13.2 Å². The number of nitrogens with zero attached hydrogens (tertiary/aromatic N) is 3. The molecule has 1 aromatic heterocycles. The lowest BCUT2D eigenvalue weighted by Gasteiger charge is -2.19. The highest BCUT2D eigenvalue weighted by Gasteiger charge is 2.26. The number of aryl methyl sites for hydroxylation is 1. The molecule has 17 heavy (non-hydrogen) atoms. The van der Waals surface area contributed by atoms with Crippen LogP contribution in [-0.4, -0.2) is 47.6 Å². The Kier molecular flexibility index (Phi) is 3.92. The summed E-state index contributed by atoms with van der Waals surface area (Å²) < 4.78 is 24.2. The van der Waals surface area contributed by atoms with Crippen LogP contribution in [0.25, 0.3) is 0 Å². The molecule has 0 saturated heterocycles. The number of rotatable bonds is 4. The van der Waals surface area contributed by atoms with Crippen molar-refractivity contribution in [2.45, 2.75) is 18.7 Å². The molecule has 0 aliphatic carbocycles. The van der Waals surface area contributed by atoms with Crippen LogP contribution in [0.1, 0.15) is 12.5 Å². The van der Waals surface area contributed by atoms with Crippen LogP contribution in [0.5, 0.6) is 0 Å². The summed E-state index contributed by atoms with van der Waals surface area (Å²) in [5.41, 5.74) is 0.865. The van der Waals surface area contributed by atoms with Gasteiger partial charge in [-0.2, -0.15) is 5.10 Å². The van der Waals surface area contributed by atoms with Crippen LogP contribution in [0.3, 0.4) is 0 Å². The third-order valence-electron chi connectivity index (χ3n) is 2.54. The lowest BCUT2D eigenvalue weighted by molar-refractivity contribution is -0.129. The first-order valence-corrected chi connectivity index (χ1v) is 7.08. The molecule has 1 atom stereocenters. The van der Waals surface area contributed by atoms with Crippen LogP contribution < -0.4 is 0 Å². The van der Waals surface area contributed by atoms with E-state index >= 15 is 0 Å². The Labute approximate surface area is 101 Å². The van der Waals surface area contributed by atoms with Crippen LogP contribution in [0.15, 0.2) is 12.4 Å². The molecule has 1 rings (SSSR count). The zero-order valence-electron chi connectivity index (χ0n) is 10.4. The van der Waals surface area contributed by atoms with Crippen molar-refractivity contribution >= 4 is 15.7 Å². The van der Waals surface area contributed by atoms with Crippen LogP contribution >= 0.6 is 0 Å². The lowest BCUT2D eigenvalue weighted by atomic mass is 10.3. The Morgan fingerprint density at radius 2 is 2.18 bits per heavy atom. The van der Waals surface area contributed by atoms with Crippen molar-refractivity contribution in [3.63, 3.8) is 0 Å². The van der Waals surface area contributed by atoms with Gasteiger partial charge in [0.1, 0.15) is 5.25 Å². The molecule has 1 amide bonds. The lowest BCUT2D eigenvalue weighted by Crippen LogP contribution is -2.38. The van der Waals surface area contributed by atoms with Gasteiger partial charge in [-0.05, 0) is 6.92 Å². The fourth-order valence-electron chi connectivity index (χ4n) is 1.40. The molecule has 1 aromatic rings. The van der Waals surface area contributed by atoms with Crippen LogP contribution in [0.4, 0.5) is 0 Å². The van der Waals surface area contributed by atoms with E-state index in [1.807, 2.05) is 0 Å². The van der Waals surface area contributed by atoms with E-state index in [4.69, 9.17) is 0 Å². The molecule has 96 valence electrons. The average Bonchev–Trinajstić information content (AvgIpc) is 2.60. The topological polar surface area (TPSA) is 72.3 Å². The van der Waals surface area contributed by atoms with Gasteiger partial charge in [-0.1, -0.05) is 0 Å². The van der Waals surface area contributed by atoms with Gasteiger partial charge < -0.3 is 4.90 Å². The molecule has 0 aliphatic rings. The second kappa shape index (κ2) is 4.87. The number of hydrogen-bond donors (Lipinski definition) is 0. The van der Waals surface area contributed by atoms with Gasteiger partial charge in [0, 0.05) is 38.7 Å². The maximum atomic E-state index is 11.8. The Morgan fingerprint density at radius 1 is 1.59 bits per heavy atom. The van der Waals surface area contributed by atoms with Crippen LogP contribution in [0, 0.1) is 0 Å². The number of hydrogen-bond acceptors (Lipinski definition) is 4. The summed E-state index contributed by atoms with van der Waals surface area (Å²) in [6, 6.07) is 0. The molecule has 6 nitrogen and oxygen atoms in total. The highest BCUT2D eigenvalue weighted by atomic mass is 32.2. The summed E-state index contributed by atoms with van der Waals surface area (Å²) in [6.07, 6.45) is 4.50. The monoisotopic (exact) mass is 259 g/mol. The summed E-state index contributed by atoms with van der Waals surface area (Å²) in [5, 5.41) is 2.97. The van der Waals surface area contributed by atoms with Gasteiger partial charge in [-0.3, -0.25) is 9.48 Å². The molecule has 0 aliphatic heterocycles. The van der Waals surface area contributed by atoms with Gasteiger partial charge in [0.15, 0.2) is 9.84 Å². The SMILES string of the molecule is C[C@@H](C(=O)N(C)Cc1cnn(C)c1)S(C)(=O)=O. The Balaban J connectivity index is 2.71. The van der Waals surface area contributed by atoms with Crippen LogP contribution in [-0.2, 0) is 28.2 Å². The first-order valence-electron chi connectivity index (χ1n) is 5.13. The first kappa shape index (κ1) is 13.7. The molecular formula is C10H17N3O3S. The molecule has 0 N–H and O–H groups in total. The minimum absolute atomic E-state index is 0.354. The second-order valence-electron chi connectivity index (χ2n) is 4.19. The average molecular weight is 259 g/mol. The van der Waals surface area contributed by atoms with E-state index in [0.717, 1.165) is 11.8 Å². The predicted octanol–water partition coefficient (Wildman–Crippen LogP) is -0.188. The van der Waals surface area contributed by atoms with E-state index in [0.29, 0.717) is 6.54 Å². The molecular weight excluding hydrogens is 242 g/mol. The Hall–Kier alpha value is -1.37. The van der Waals surface area contributed by atoms with Gasteiger partial charge in [0.2, 0.25) is 5.91 Å². The van der Waals surface area contributed by atoms with E-state index < -0.39 is 21.0 Å². The Bertz CT molecular complexity index is 507. The molecule has 0 spiro atoms. The number of carbonyl (C=O) groups is 1. The summed E-state index contributed by atoms with van der Waals surface area (Å²) in [7, 11) is 0.0164. The molecule has 0 bridgehead atoms. The van der Waals surface area contributed by atoms with Crippen molar-refractivity contribution in [1.82, 2.24) is 14.7 Å². The number of aromatic nitrogens is 2. The zero-order chi connectivity index (χ0) is 13.2. The smallest absolute Gasteiger partial charge is 0.240 e. The molecule has 0 aromatic carbocycles. The van der Waals surface area contributed by atoms with Crippen molar-refractivity contribution in [3.8, 4) is 0 Å². The standard InChI is InChI=1S/C10H17N3O3S/c1-8(17(4,15)16)10(14)12(2)6-9-5-11-13(3)7-9/h5,7-8H,6H2,1-4H3/t8-/m0/s1. The zero-order valence-corrected chi connectivity index (χ0v) is 11.2. The van der Waals surface area contributed by atoms with Gasteiger partial charge in [0.05, 0.1) is 6.20 Å². The molecule has 0 saturated carbocycles. The predicted molar refractivity (Wildman–Crippen MR) is 64.0 cm³/mol. The fraction of sp³-hybridized carbons (Fsp3) is 0.600. The molecule has 0 fully saturated rings. The van der Waals surface area contributed by atoms with E-state index in [1.54, 1.807) is 31.2 Å². The summed E-state index contributed by atoms with van der Waals surface area (Å²) in [5.74, 6) is -0.406. The maximum absolute atomic E-state index is 11.8. The second-order valence-corrected chi connectivity index (χ2v) is 6.55. The quantitative estimate of drug-likeness (QED) is 0.751. The summed E-state index contributed by atoms with van der Waals surface area (Å²) >= 11 is 0. The Morgan fingerprint density at radius 3 is 2.59 bits per heavy atom. The summed E-state index contributed by atoms with van der Waals surface area (Å²) in [6.45, 7) is 1.75. The highest BCUT2D eigenvalue weighted by Crippen LogP contribution is 2.07. The number of sulfone groups is 1. The third-order valence-corrected chi connectivity index (χ3v) is 4.03. The van der Waals surface area contributed by atoms with Crippen molar-refractivity contribution in [1.29, 1.82) is 0 Å². The molecule has 0 unspecified atom stereocenters. The van der Waals surface area contributed by atoms with E-state index in [2.05, 4.69) is 5.10 Å². The van der Waals surface area contributed by atoms with Gasteiger partial charge in [-0.25, -0.2) is 8.42 Å². The fourth-order valence-corrected chi connectivity index (χ4v) is 1.95. The van der Waals surface area contributed by atoms with Crippen molar-refractivity contribution in [2.24, 2.45) is 7.05 Å². The minimum atomic E-state index is -3.35. The maximum Gasteiger partial charge on any atom is 0.240 e. The number of amides is 1. The summed E-state index contributed by atoms with van der Waals surface area (Å²) in [4.78, 5) is 13.2. The molecule has 0 radical (unpaired) electrons. The van der Waals surface area contributed by atoms with Crippen LogP contribution in [0.2, 0.25) is 0 Å². The molecule has 1 heterocycles. The number of carbonyl (C=O) groups excluding carboxylic acids is 1. The van der Waals surface area contributed by atoms with Gasteiger partial charge >= 0.3 is 0 Å². The van der Waals surface area contributed by atoms with E-state index in [-0.39, 0.29) is 0 Å².